The van der Waals surface area contributed by atoms with Crippen molar-refractivity contribution in [1.29, 1.82) is 0 Å². The van der Waals surface area contributed by atoms with E-state index in [1.54, 1.807) is 11.3 Å². The van der Waals surface area contributed by atoms with Gasteiger partial charge in [0.05, 0.1) is 26.9 Å². The van der Waals surface area contributed by atoms with Crippen molar-refractivity contribution >= 4 is 96.9 Å². The molecule has 0 fully saturated rings. The fourth-order valence-electron chi connectivity index (χ4n) is 8.39. The molecule has 5 heteroatoms. The molecule has 0 aliphatic carbocycles. The summed E-state index contributed by atoms with van der Waals surface area (Å²) in [5, 5.41) is 10.5. The number of thiophene rings is 1. The molecule has 0 spiro atoms. The van der Waals surface area contributed by atoms with Gasteiger partial charge in [0, 0.05) is 37.2 Å². The van der Waals surface area contributed by atoms with Gasteiger partial charge in [-0.25, -0.2) is 9.97 Å². The normalized spacial score (nSPS) is 12.2. The zero-order valence-corrected chi connectivity index (χ0v) is 29.1. The van der Waals surface area contributed by atoms with Crippen LogP contribution in [0.5, 0.6) is 0 Å². The summed E-state index contributed by atoms with van der Waals surface area (Å²) in [4.78, 5) is 10.9. The highest BCUT2D eigenvalue weighted by Gasteiger charge is 2.21. The molecule has 4 heterocycles. The van der Waals surface area contributed by atoms with Gasteiger partial charge in [-0.1, -0.05) is 127 Å². The smallest absolute Gasteiger partial charge is 0.235 e. The average Bonchev–Trinajstić information content (AvgIpc) is 3.89. The molecule has 0 radical (unpaired) electrons. The summed E-state index contributed by atoms with van der Waals surface area (Å²) in [6.07, 6.45) is 0. The van der Waals surface area contributed by atoms with Gasteiger partial charge in [-0.2, -0.15) is 0 Å². The summed E-state index contributed by atoms with van der Waals surface area (Å²) < 4.78 is 10.8. The lowest BCUT2D eigenvalue weighted by atomic mass is 9.97. The van der Waals surface area contributed by atoms with E-state index >= 15 is 0 Å². The van der Waals surface area contributed by atoms with Gasteiger partial charge in [0.15, 0.2) is 0 Å². The van der Waals surface area contributed by atoms with Crippen LogP contribution in [0.4, 0.5) is 0 Å². The lowest BCUT2D eigenvalue weighted by molar-refractivity contribution is 0.669. The van der Waals surface area contributed by atoms with E-state index in [-0.39, 0.29) is 0 Å². The second kappa shape index (κ2) is 10.8. The van der Waals surface area contributed by atoms with Crippen molar-refractivity contribution < 1.29 is 4.42 Å². The molecule has 0 saturated carbocycles. The number of nitrogens with zero attached hydrogens (tertiary/aromatic N) is 3. The van der Waals surface area contributed by atoms with Crippen LogP contribution in [0, 0.1) is 0 Å². The van der Waals surface area contributed by atoms with E-state index in [1.807, 2.05) is 12.1 Å². The summed E-state index contributed by atoms with van der Waals surface area (Å²) in [5.41, 5.74) is 9.33. The van der Waals surface area contributed by atoms with Gasteiger partial charge in [0.1, 0.15) is 11.2 Å². The molecule has 246 valence electrons. The first-order chi connectivity index (χ1) is 26.3. The van der Waals surface area contributed by atoms with Gasteiger partial charge in [-0.3, -0.25) is 4.57 Å². The Labute approximate surface area is 306 Å². The van der Waals surface area contributed by atoms with Crippen LogP contribution in [0.15, 0.2) is 168 Å². The average molecular weight is 694 g/mol. The van der Waals surface area contributed by atoms with E-state index < -0.39 is 0 Å². The van der Waals surface area contributed by atoms with E-state index in [2.05, 4.69) is 156 Å². The molecule has 0 bridgehead atoms. The van der Waals surface area contributed by atoms with Crippen LogP contribution < -0.4 is 0 Å². The predicted octanol–water partition coefficient (Wildman–Crippen LogP) is 13.5. The molecule has 4 nitrogen and oxygen atoms in total. The van der Waals surface area contributed by atoms with Gasteiger partial charge in [0.2, 0.25) is 5.95 Å². The zero-order valence-electron chi connectivity index (χ0n) is 28.2. The third-order valence-electron chi connectivity index (χ3n) is 10.8. The molecular formula is C48H27N3OS. The third kappa shape index (κ3) is 4.17. The van der Waals surface area contributed by atoms with Crippen molar-refractivity contribution in [1.82, 2.24) is 14.5 Å². The Balaban J connectivity index is 1.12. The summed E-state index contributed by atoms with van der Waals surface area (Å²) in [5.74, 6) is 0.662. The van der Waals surface area contributed by atoms with E-state index in [0.29, 0.717) is 5.95 Å². The Kier molecular flexibility index (Phi) is 5.90. The van der Waals surface area contributed by atoms with E-state index in [4.69, 9.17) is 14.4 Å². The molecule has 4 aromatic heterocycles. The van der Waals surface area contributed by atoms with Crippen molar-refractivity contribution in [3.8, 4) is 28.3 Å². The van der Waals surface area contributed by atoms with Crippen molar-refractivity contribution in [2.45, 2.75) is 0 Å². The monoisotopic (exact) mass is 693 g/mol. The minimum atomic E-state index is 0.662. The van der Waals surface area contributed by atoms with Crippen LogP contribution in [0.3, 0.4) is 0 Å². The first-order valence-corrected chi connectivity index (χ1v) is 18.6. The maximum absolute atomic E-state index is 6.29. The van der Waals surface area contributed by atoms with E-state index in [1.165, 1.54) is 32.0 Å². The number of aromatic nitrogens is 3. The second-order valence-electron chi connectivity index (χ2n) is 13.7. The Morgan fingerprint density at radius 3 is 2.11 bits per heavy atom. The second-order valence-corrected chi connectivity index (χ2v) is 14.8. The van der Waals surface area contributed by atoms with Gasteiger partial charge < -0.3 is 4.42 Å². The molecule has 8 aromatic carbocycles. The summed E-state index contributed by atoms with van der Waals surface area (Å²) in [7, 11) is 0. The fourth-order valence-corrected chi connectivity index (χ4v) is 9.54. The summed E-state index contributed by atoms with van der Waals surface area (Å²) >= 11 is 1.76. The first-order valence-electron chi connectivity index (χ1n) is 17.8. The molecule has 0 N–H and O–H groups in total. The number of hydrogen-bond acceptors (Lipinski definition) is 4. The maximum Gasteiger partial charge on any atom is 0.235 e. The Morgan fingerprint density at radius 1 is 0.472 bits per heavy atom. The molecule has 0 unspecified atom stereocenters. The van der Waals surface area contributed by atoms with Crippen molar-refractivity contribution in [3.63, 3.8) is 0 Å². The first kappa shape index (κ1) is 28.8. The minimum Gasteiger partial charge on any atom is -0.456 e. The molecular weight excluding hydrogens is 667 g/mol. The maximum atomic E-state index is 6.29. The van der Waals surface area contributed by atoms with Crippen LogP contribution in [-0.2, 0) is 0 Å². The molecule has 0 saturated heterocycles. The highest BCUT2D eigenvalue weighted by Crippen LogP contribution is 2.43. The number of benzene rings is 8. The molecule has 53 heavy (non-hydrogen) atoms. The number of para-hydroxylation sites is 2. The van der Waals surface area contributed by atoms with Crippen molar-refractivity contribution in [2.75, 3.05) is 0 Å². The van der Waals surface area contributed by atoms with Crippen molar-refractivity contribution in [3.05, 3.63) is 164 Å². The van der Waals surface area contributed by atoms with E-state index in [0.717, 1.165) is 76.0 Å². The van der Waals surface area contributed by atoms with Crippen LogP contribution in [-0.4, -0.2) is 14.5 Å². The standard InChI is InChI=1S/C48H27N3OS/c1-2-12-32-28(10-1)11-9-16-33(32)29-20-22-30(23-21-29)45-47-46(36-15-5-8-19-43(36)53-47)50-48(49-45)51-39-17-6-3-13-34(39)38-27-37-31(26-40(38)51)24-25-42-44(37)35-14-4-7-18-41(35)52-42/h1-27H. The number of fused-ring (bicyclic) bond motifs is 12. The summed E-state index contributed by atoms with van der Waals surface area (Å²) in [6.45, 7) is 0. The van der Waals surface area contributed by atoms with Gasteiger partial charge >= 0.3 is 0 Å². The summed E-state index contributed by atoms with van der Waals surface area (Å²) in [6, 6.07) is 58.3. The number of hydrogen-bond donors (Lipinski definition) is 0. The van der Waals surface area contributed by atoms with Gasteiger partial charge in [-0.05, 0) is 69.1 Å². The molecule has 0 atom stereocenters. The van der Waals surface area contributed by atoms with Gasteiger partial charge in [0.25, 0.3) is 0 Å². The molecule has 0 aliphatic heterocycles. The predicted molar refractivity (Wildman–Crippen MR) is 222 cm³/mol. The Morgan fingerprint density at radius 2 is 1.21 bits per heavy atom. The largest absolute Gasteiger partial charge is 0.456 e. The highest BCUT2D eigenvalue weighted by molar-refractivity contribution is 7.26. The SMILES string of the molecule is c1ccc2c(-c3ccc(-c4nc(-n5c6ccccc6c6cc7c(ccc8oc9ccccc9c87)cc65)nc5c4sc4ccccc45)cc3)cccc2c1. The van der Waals surface area contributed by atoms with Crippen LogP contribution in [0.1, 0.15) is 0 Å². The van der Waals surface area contributed by atoms with Crippen LogP contribution in [0.2, 0.25) is 0 Å². The molecule has 0 aliphatic rings. The topological polar surface area (TPSA) is 43.9 Å². The lowest BCUT2D eigenvalue weighted by Crippen LogP contribution is -2.02. The Hall–Kier alpha value is -6.82. The number of furan rings is 1. The lowest BCUT2D eigenvalue weighted by Gasteiger charge is -2.11. The fraction of sp³-hybridized carbons (Fsp3) is 0. The van der Waals surface area contributed by atoms with Crippen LogP contribution in [0.25, 0.3) is 114 Å². The van der Waals surface area contributed by atoms with Gasteiger partial charge in [-0.15, -0.1) is 11.3 Å². The Bertz CT molecular complexity index is 3450. The van der Waals surface area contributed by atoms with Crippen molar-refractivity contribution in [2.24, 2.45) is 0 Å². The molecule has 0 amide bonds. The minimum absolute atomic E-state index is 0.662. The van der Waals surface area contributed by atoms with E-state index in [9.17, 15) is 0 Å². The zero-order chi connectivity index (χ0) is 34.6. The number of rotatable bonds is 3. The van der Waals surface area contributed by atoms with Crippen LogP contribution >= 0.6 is 11.3 Å². The highest BCUT2D eigenvalue weighted by atomic mass is 32.1. The third-order valence-corrected chi connectivity index (χ3v) is 12.0. The molecule has 12 rings (SSSR count). The molecule has 12 aromatic rings. The quantitative estimate of drug-likeness (QED) is 0.185.